The molecule has 0 aromatic heterocycles. The van der Waals surface area contributed by atoms with E-state index in [1.165, 1.54) is 12.1 Å². The van der Waals surface area contributed by atoms with Crippen molar-refractivity contribution in [1.29, 1.82) is 0 Å². The minimum Gasteiger partial charge on any atom is -0.316 e. The molecule has 18 heavy (non-hydrogen) atoms. The van der Waals surface area contributed by atoms with Gasteiger partial charge in [-0.05, 0) is 30.8 Å². The molecule has 0 saturated heterocycles. The van der Waals surface area contributed by atoms with E-state index in [4.69, 9.17) is 0 Å². The van der Waals surface area contributed by atoms with Crippen molar-refractivity contribution >= 4 is 11.8 Å². The van der Waals surface area contributed by atoms with Crippen molar-refractivity contribution in [2.75, 3.05) is 7.05 Å². The van der Waals surface area contributed by atoms with E-state index >= 15 is 0 Å². The second-order valence-corrected chi connectivity index (χ2v) is 4.84. The summed E-state index contributed by atoms with van der Waals surface area (Å²) in [6, 6.07) is 11.3. The highest BCUT2D eigenvalue weighted by Crippen LogP contribution is 2.34. The first-order chi connectivity index (χ1) is 8.72. The smallest absolute Gasteiger partial charge is 0.137 e. The van der Waals surface area contributed by atoms with Crippen molar-refractivity contribution in [1.82, 2.24) is 5.32 Å². The monoisotopic (exact) mass is 265 g/mol. The van der Waals surface area contributed by atoms with Crippen LogP contribution in [-0.4, -0.2) is 7.05 Å². The molecule has 2 aromatic carbocycles. The van der Waals surface area contributed by atoms with Crippen molar-refractivity contribution in [3.8, 4) is 0 Å². The van der Waals surface area contributed by atoms with Crippen LogP contribution in [0.25, 0.3) is 0 Å². The van der Waals surface area contributed by atoms with Gasteiger partial charge >= 0.3 is 0 Å². The van der Waals surface area contributed by atoms with Gasteiger partial charge in [0.1, 0.15) is 11.6 Å². The number of hydrogen-bond acceptors (Lipinski definition) is 2. The minimum atomic E-state index is -0.332. The van der Waals surface area contributed by atoms with Gasteiger partial charge in [0, 0.05) is 11.4 Å². The molecule has 2 rings (SSSR count). The van der Waals surface area contributed by atoms with Gasteiger partial charge in [0.15, 0.2) is 0 Å². The van der Waals surface area contributed by atoms with Crippen LogP contribution < -0.4 is 5.32 Å². The maximum absolute atomic E-state index is 13.8. The van der Waals surface area contributed by atoms with Crippen molar-refractivity contribution in [3.05, 3.63) is 59.7 Å². The Kier molecular flexibility index (Phi) is 4.33. The highest BCUT2D eigenvalue weighted by molar-refractivity contribution is 7.99. The lowest BCUT2D eigenvalue weighted by Crippen LogP contribution is -2.06. The predicted molar refractivity (Wildman–Crippen MR) is 69.7 cm³/mol. The molecule has 1 N–H and O–H groups in total. The van der Waals surface area contributed by atoms with E-state index in [-0.39, 0.29) is 11.6 Å². The predicted octanol–water partition coefficient (Wildman–Crippen LogP) is 3.84. The van der Waals surface area contributed by atoms with E-state index in [0.717, 1.165) is 17.3 Å². The van der Waals surface area contributed by atoms with Crippen LogP contribution in [0.3, 0.4) is 0 Å². The zero-order valence-electron chi connectivity index (χ0n) is 9.91. The fourth-order valence-electron chi connectivity index (χ4n) is 1.63. The van der Waals surface area contributed by atoms with E-state index < -0.39 is 0 Å². The summed E-state index contributed by atoms with van der Waals surface area (Å²) in [5, 5.41) is 2.98. The van der Waals surface area contributed by atoms with Crippen molar-refractivity contribution in [3.63, 3.8) is 0 Å². The summed E-state index contributed by atoms with van der Waals surface area (Å²) in [6.45, 7) is 0.550. The molecule has 0 aliphatic heterocycles. The molecule has 0 heterocycles. The van der Waals surface area contributed by atoms with Crippen LogP contribution in [0, 0.1) is 11.6 Å². The van der Waals surface area contributed by atoms with E-state index in [9.17, 15) is 8.78 Å². The molecule has 0 unspecified atom stereocenters. The Morgan fingerprint density at radius 2 is 1.72 bits per heavy atom. The summed E-state index contributed by atoms with van der Waals surface area (Å²) in [4.78, 5) is 0.900. The van der Waals surface area contributed by atoms with Crippen LogP contribution in [0.2, 0.25) is 0 Å². The van der Waals surface area contributed by atoms with Crippen molar-refractivity contribution < 1.29 is 8.78 Å². The lowest BCUT2D eigenvalue weighted by molar-refractivity contribution is 0.590. The zero-order valence-corrected chi connectivity index (χ0v) is 10.7. The lowest BCUT2D eigenvalue weighted by Gasteiger charge is -2.10. The summed E-state index contributed by atoms with van der Waals surface area (Å²) >= 11 is 1.12. The zero-order chi connectivity index (χ0) is 13.0. The van der Waals surface area contributed by atoms with Gasteiger partial charge in [-0.1, -0.05) is 36.0 Å². The molecule has 0 saturated carbocycles. The molecule has 94 valence electrons. The molecule has 1 nitrogen and oxygen atoms in total. The van der Waals surface area contributed by atoms with E-state index in [1.807, 2.05) is 6.07 Å². The van der Waals surface area contributed by atoms with E-state index in [2.05, 4.69) is 5.32 Å². The Hall–Kier alpha value is -1.39. The highest BCUT2D eigenvalue weighted by Gasteiger charge is 2.11. The number of rotatable bonds is 4. The summed E-state index contributed by atoms with van der Waals surface area (Å²) < 4.78 is 27.4. The van der Waals surface area contributed by atoms with Gasteiger partial charge < -0.3 is 5.32 Å². The first-order valence-corrected chi connectivity index (χ1v) is 6.38. The van der Waals surface area contributed by atoms with Crippen molar-refractivity contribution in [2.24, 2.45) is 0 Å². The molecule has 0 amide bonds. The van der Waals surface area contributed by atoms with Gasteiger partial charge in [-0.2, -0.15) is 0 Å². The molecular formula is C14H13F2NS. The molecule has 0 radical (unpaired) electrons. The van der Waals surface area contributed by atoms with Gasteiger partial charge in [-0.15, -0.1) is 0 Å². The van der Waals surface area contributed by atoms with Crippen LogP contribution in [0.15, 0.2) is 52.3 Å². The summed E-state index contributed by atoms with van der Waals surface area (Å²) in [5.41, 5.74) is 0.825. The second-order valence-electron chi connectivity index (χ2n) is 3.79. The first-order valence-electron chi connectivity index (χ1n) is 5.56. The molecule has 0 bridgehead atoms. The molecule has 0 aliphatic carbocycles. The SMILES string of the molecule is CNCc1cccc(F)c1Sc1ccccc1F. The Morgan fingerprint density at radius 3 is 2.44 bits per heavy atom. The number of nitrogens with one attached hydrogen (secondary N) is 1. The normalized spacial score (nSPS) is 10.6. The van der Waals surface area contributed by atoms with Crippen LogP contribution in [0.5, 0.6) is 0 Å². The maximum atomic E-state index is 13.8. The fraction of sp³-hybridized carbons (Fsp3) is 0.143. The highest BCUT2D eigenvalue weighted by atomic mass is 32.2. The Labute approximate surface area is 109 Å². The van der Waals surface area contributed by atoms with Gasteiger partial charge in [0.2, 0.25) is 0 Å². The van der Waals surface area contributed by atoms with E-state index in [0.29, 0.717) is 16.3 Å². The van der Waals surface area contributed by atoms with Crippen molar-refractivity contribution in [2.45, 2.75) is 16.3 Å². The molecular weight excluding hydrogens is 252 g/mol. The number of halogens is 2. The standard InChI is InChI=1S/C14H13F2NS/c1-17-9-10-5-4-7-12(16)14(10)18-13-8-3-2-6-11(13)15/h2-8,17H,9H2,1H3. The first kappa shape index (κ1) is 13.1. The van der Waals surface area contributed by atoms with Crippen LogP contribution in [0.1, 0.15) is 5.56 Å². The lowest BCUT2D eigenvalue weighted by atomic mass is 10.2. The molecule has 0 atom stereocenters. The Morgan fingerprint density at radius 1 is 1.00 bits per heavy atom. The van der Waals surface area contributed by atoms with Gasteiger partial charge in [0.25, 0.3) is 0 Å². The van der Waals surface area contributed by atoms with E-state index in [1.54, 1.807) is 31.3 Å². The van der Waals surface area contributed by atoms with Gasteiger partial charge in [-0.3, -0.25) is 0 Å². The molecule has 0 spiro atoms. The molecule has 2 aromatic rings. The molecule has 0 fully saturated rings. The van der Waals surface area contributed by atoms with Crippen LogP contribution in [0.4, 0.5) is 8.78 Å². The average molecular weight is 265 g/mol. The summed E-state index contributed by atoms with van der Waals surface area (Å²) in [6.07, 6.45) is 0. The maximum Gasteiger partial charge on any atom is 0.137 e. The van der Waals surface area contributed by atoms with Gasteiger partial charge in [0.05, 0.1) is 4.90 Å². The Balaban J connectivity index is 2.36. The summed E-state index contributed by atoms with van der Waals surface area (Å²) in [7, 11) is 1.79. The molecule has 0 aliphatic rings. The topological polar surface area (TPSA) is 12.0 Å². The second kappa shape index (κ2) is 5.98. The third-order valence-electron chi connectivity index (χ3n) is 2.46. The fourth-order valence-corrected chi connectivity index (χ4v) is 2.60. The quantitative estimate of drug-likeness (QED) is 0.901. The average Bonchev–Trinajstić information content (AvgIpc) is 2.36. The van der Waals surface area contributed by atoms with Crippen LogP contribution >= 0.6 is 11.8 Å². The Bertz CT molecular complexity index is 543. The van der Waals surface area contributed by atoms with Crippen LogP contribution in [-0.2, 0) is 6.54 Å². The summed E-state index contributed by atoms with van der Waals surface area (Å²) in [5.74, 6) is -0.655. The number of hydrogen-bond donors (Lipinski definition) is 1. The minimum absolute atomic E-state index is 0.323. The number of benzene rings is 2. The largest absolute Gasteiger partial charge is 0.316 e. The molecule has 4 heteroatoms. The third-order valence-corrected chi connectivity index (χ3v) is 3.68. The van der Waals surface area contributed by atoms with Gasteiger partial charge in [-0.25, -0.2) is 8.78 Å². The third kappa shape index (κ3) is 2.89.